The zero-order valence-corrected chi connectivity index (χ0v) is 13.7. The highest BCUT2D eigenvalue weighted by atomic mass is 79.9. The summed E-state index contributed by atoms with van der Waals surface area (Å²) in [6, 6.07) is 8.95. The fourth-order valence-corrected chi connectivity index (χ4v) is 2.59. The second-order valence-electron chi connectivity index (χ2n) is 5.05. The minimum Gasteiger partial charge on any atom is -0.309 e. The van der Waals surface area contributed by atoms with Crippen molar-refractivity contribution in [3.05, 3.63) is 58.2 Å². The summed E-state index contributed by atoms with van der Waals surface area (Å²) in [6.45, 7) is 1.51. The largest absolute Gasteiger partial charge is 0.309 e. The second kappa shape index (κ2) is 5.92. The molecule has 1 unspecified atom stereocenters. The Kier molecular flexibility index (Phi) is 3.96. The number of benzene rings is 1. The maximum atomic E-state index is 12.4. The predicted octanol–water partition coefficient (Wildman–Crippen LogP) is 2.47. The lowest BCUT2D eigenvalue weighted by Gasteiger charge is -2.21. The molecule has 3 amide bonds. The van der Waals surface area contributed by atoms with E-state index >= 15 is 0 Å². The van der Waals surface area contributed by atoms with Crippen molar-refractivity contribution in [1.29, 1.82) is 0 Å². The van der Waals surface area contributed by atoms with E-state index in [-0.39, 0.29) is 0 Å². The topological polar surface area (TPSA) is 79.4 Å². The number of hydrogen-bond acceptors (Lipinski definition) is 4. The van der Waals surface area contributed by atoms with E-state index in [4.69, 9.17) is 0 Å². The van der Waals surface area contributed by atoms with Crippen LogP contribution in [0.2, 0.25) is 0 Å². The average Bonchev–Trinajstić information content (AvgIpc) is 2.81. The molecule has 3 rings (SSSR count). The van der Waals surface area contributed by atoms with Gasteiger partial charge in [0.1, 0.15) is 11.9 Å². The molecule has 0 saturated carbocycles. The Bertz CT molecular complexity index is 769. The molecule has 0 aliphatic carbocycles. The highest BCUT2D eigenvalue weighted by molar-refractivity contribution is 9.10. The van der Waals surface area contributed by atoms with Gasteiger partial charge < -0.3 is 5.32 Å². The summed E-state index contributed by atoms with van der Waals surface area (Å²) in [7, 11) is 0. The number of pyridine rings is 1. The van der Waals surface area contributed by atoms with Crippen LogP contribution in [0.5, 0.6) is 0 Å². The smallest absolute Gasteiger partial charge is 0.262 e. The third-order valence-electron chi connectivity index (χ3n) is 3.57. The van der Waals surface area contributed by atoms with Crippen LogP contribution in [-0.2, 0) is 4.79 Å². The van der Waals surface area contributed by atoms with Crippen molar-refractivity contribution in [1.82, 2.24) is 9.88 Å². The summed E-state index contributed by atoms with van der Waals surface area (Å²) in [5.41, 5.74) is 0.637. The highest BCUT2D eigenvalue weighted by Gasteiger charge is 2.40. The van der Waals surface area contributed by atoms with Gasteiger partial charge in [0.15, 0.2) is 0 Å². The Hall–Kier alpha value is -2.54. The lowest BCUT2D eigenvalue weighted by atomic mass is 10.1. The number of nitrogens with zero attached hydrogens (tertiary/aromatic N) is 2. The molecule has 0 spiro atoms. The second-order valence-corrected chi connectivity index (χ2v) is 5.97. The normalized spacial score (nSPS) is 14.6. The maximum absolute atomic E-state index is 12.4. The van der Waals surface area contributed by atoms with Crippen molar-refractivity contribution in [3.8, 4) is 0 Å². The summed E-state index contributed by atoms with van der Waals surface area (Å²) < 4.78 is 0.781. The Morgan fingerprint density at radius 1 is 1.13 bits per heavy atom. The van der Waals surface area contributed by atoms with Crippen LogP contribution in [0.4, 0.5) is 5.82 Å². The molecule has 1 N–H and O–H groups in total. The number of hydrogen-bond donors (Lipinski definition) is 1. The SMILES string of the molecule is CC(C(=O)Nc1ccc(Br)cn1)N1C(=O)c2ccccc2C1=O. The molecule has 0 saturated heterocycles. The number of halogens is 1. The summed E-state index contributed by atoms with van der Waals surface area (Å²) in [4.78, 5) is 42.0. The number of anilines is 1. The van der Waals surface area contributed by atoms with Gasteiger partial charge in [-0.1, -0.05) is 12.1 Å². The molecule has 116 valence electrons. The molecule has 1 atom stereocenters. The Labute approximate surface area is 140 Å². The Morgan fingerprint density at radius 3 is 2.26 bits per heavy atom. The van der Waals surface area contributed by atoms with Gasteiger partial charge in [0.05, 0.1) is 11.1 Å². The van der Waals surface area contributed by atoms with Crippen molar-refractivity contribution in [2.45, 2.75) is 13.0 Å². The van der Waals surface area contributed by atoms with Crippen molar-refractivity contribution < 1.29 is 14.4 Å². The zero-order chi connectivity index (χ0) is 16.6. The van der Waals surface area contributed by atoms with E-state index in [0.29, 0.717) is 16.9 Å². The molecule has 7 heteroatoms. The number of carbonyl (C=O) groups is 3. The third kappa shape index (κ3) is 2.75. The van der Waals surface area contributed by atoms with Gasteiger partial charge in [0.2, 0.25) is 5.91 Å². The molecule has 0 radical (unpaired) electrons. The van der Waals surface area contributed by atoms with Gasteiger partial charge in [-0.05, 0) is 47.1 Å². The van der Waals surface area contributed by atoms with E-state index in [1.54, 1.807) is 42.6 Å². The molecule has 0 bridgehead atoms. The quantitative estimate of drug-likeness (QED) is 0.838. The first-order valence-electron chi connectivity index (χ1n) is 6.88. The Balaban J connectivity index is 1.79. The van der Waals surface area contributed by atoms with E-state index in [2.05, 4.69) is 26.2 Å². The molecular weight excluding hydrogens is 362 g/mol. The van der Waals surface area contributed by atoms with Crippen molar-refractivity contribution in [2.24, 2.45) is 0 Å². The summed E-state index contributed by atoms with van der Waals surface area (Å²) in [5, 5.41) is 2.60. The van der Waals surface area contributed by atoms with Gasteiger partial charge in [0.25, 0.3) is 11.8 Å². The summed E-state index contributed by atoms with van der Waals surface area (Å²) in [6.07, 6.45) is 1.54. The summed E-state index contributed by atoms with van der Waals surface area (Å²) >= 11 is 3.25. The molecule has 2 heterocycles. The molecule has 1 aliphatic heterocycles. The summed E-state index contributed by atoms with van der Waals surface area (Å²) in [5.74, 6) is -1.05. The van der Waals surface area contributed by atoms with Gasteiger partial charge in [0, 0.05) is 10.7 Å². The van der Waals surface area contributed by atoms with E-state index in [0.717, 1.165) is 9.37 Å². The van der Waals surface area contributed by atoms with Crippen LogP contribution in [0.1, 0.15) is 27.6 Å². The van der Waals surface area contributed by atoms with Gasteiger partial charge >= 0.3 is 0 Å². The fourth-order valence-electron chi connectivity index (χ4n) is 2.36. The lowest BCUT2D eigenvalue weighted by molar-refractivity contribution is -0.119. The fraction of sp³-hybridized carbons (Fsp3) is 0.125. The number of carbonyl (C=O) groups excluding carboxylic acids is 3. The van der Waals surface area contributed by atoms with Crippen LogP contribution in [0, 0.1) is 0 Å². The number of amides is 3. The first-order valence-corrected chi connectivity index (χ1v) is 7.67. The monoisotopic (exact) mass is 373 g/mol. The highest BCUT2D eigenvalue weighted by Crippen LogP contribution is 2.24. The van der Waals surface area contributed by atoms with Crippen LogP contribution in [0.15, 0.2) is 47.1 Å². The van der Waals surface area contributed by atoms with Crippen LogP contribution < -0.4 is 5.32 Å². The third-order valence-corrected chi connectivity index (χ3v) is 4.04. The minimum atomic E-state index is -0.937. The molecular formula is C16H12BrN3O3. The molecule has 0 fully saturated rings. The lowest BCUT2D eigenvalue weighted by Crippen LogP contribution is -2.45. The maximum Gasteiger partial charge on any atom is 0.262 e. The van der Waals surface area contributed by atoms with E-state index in [9.17, 15) is 14.4 Å². The zero-order valence-electron chi connectivity index (χ0n) is 12.1. The number of fused-ring (bicyclic) bond motifs is 1. The van der Waals surface area contributed by atoms with Crippen molar-refractivity contribution in [3.63, 3.8) is 0 Å². The number of aromatic nitrogens is 1. The average molecular weight is 374 g/mol. The van der Waals surface area contributed by atoms with E-state index in [1.807, 2.05) is 0 Å². The standard InChI is InChI=1S/C16H12BrN3O3/c1-9(14(21)19-13-7-6-10(17)8-18-13)20-15(22)11-4-2-3-5-12(11)16(20)23/h2-9H,1H3,(H,18,19,21). The number of imide groups is 1. The number of nitrogens with one attached hydrogen (secondary N) is 1. The molecule has 6 nitrogen and oxygen atoms in total. The van der Waals surface area contributed by atoms with Crippen LogP contribution in [-0.4, -0.2) is 33.6 Å². The predicted molar refractivity (Wildman–Crippen MR) is 87.0 cm³/mol. The van der Waals surface area contributed by atoms with Crippen LogP contribution in [0.25, 0.3) is 0 Å². The number of rotatable bonds is 3. The molecule has 1 aliphatic rings. The van der Waals surface area contributed by atoms with Crippen LogP contribution in [0.3, 0.4) is 0 Å². The van der Waals surface area contributed by atoms with Crippen molar-refractivity contribution in [2.75, 3.05) is 5.32 Å². The molecule has 1 aromatic carbocycles. The first-order chi connectivity index (χ1) is 11.0. The van der Waals surface area contributed by atoms with E-state index < -0.39 is 23.8 Å². The molecule has 23 heavy (non-hydrogen) atoms. The van der Waals surface area contributed by atoms with Gasteiger partial charge in [-0.2, -0.15) is 0 Å². The van der Waals surface area contributed by atoms with Crippen LogP contribution >= 0.6 is 15.9 Å². The minimum absolute atomic E-state index is 0.318. The first kappa shape index (κ1) is 15.4. The Morgan fingerprint density at radius 2 is 1.74 bits per heavy atom. The molecule has 2 aromatic rings. The van der Waals surface area contributed by atoms with Crippen molar-refractivity contribution >= 4 is 39.5 Å². The molecule has 1 aromatic heterocycles. The van der Waals surface area contributed by atoms with E-state index in [1.165, 1.54) is 6.92 Å². The van der Waals surface area contributed by atoms with Gasteiger partial charge in [-0.15, -0.1) is 0 Å². The van der Waals surface area contributed by atoms with Gasteiger partial charge in [-0.3, -0.25) is 19.3 Å². The van der Waals surface area contributed by atoms with Gasteiger partial charge in [-0.25, -0.2) is 4.98 Å².